The first kappa shape index (κ1) is 12.4. The number of H-pyrrole nitrogens is 1. The summed E-state index contributed by atoms with van der Waals surface area (Å²) in [5.41, 5.74) is 3.37. The van der Waals surface area contributed by atoms with Gasteiger partial charge in [0, 0.05) is 17.4 Å². The highest BCUT2D eigenvalue weighted by Crippen LogP contribution is 2.29. The lowest BCUT2D eigenvalue weighted by molar-refractivity contribution is 0.627. The Morgan fingerprint density at radius 3 is 2.00 bits per heavy atom. The van der Waals surface area contributed by atoms with Crippen molar-refractivity contribution in [3.63, 3.8) is 0 Å². The van der Waals surface area contributed by atoms with Gasteiger partial charge in [0.15, 0.2) is 0 Å². The molecular formula is C16H12F2N2. The molecule has 0 saturated carbocycles. The van der Waals surface area contributed by atoms with Gasteiger partial charge in [-0.25, -0.2) is 8.78 Å². The van der Waals surface area contributed by atoms with Crippen molar-refractivity contribution >= 4 is 11.4 Å². The second kappa shape index (κ2) is 5.17. The minimum atomic E-state index is -0.275. The van der Waals surface area contributed by atoms with E-state index in [0.29, 0.717) is 0 Å². The molecule has 3 rings (SSSR count). The highest BCUT2D eigenvalue weighted by atomic mass is 19.1. The summed E-state index contributed by atoms with van der Waals surface area (Å²) in [4.78, 5) is 3.11. The monoisotopic (exact) mass is 270 g/mol. The standard InChI is InChI=1S/C16H12F2N2/c17-12-3-1-11(2-4-12)16-15(9-10-19-16)20-14-7-5-13(18)6-8-14/h1-10,19-20H. The molecule has 20 heavy (non-hydrogen) atoms. The Labute approximate surface area is 115 Å². The number of hydrogen-bond donors (Lipinski definition) is 2. The summed E-state index contributed by atoms with van der Waals surface area (Å²) in [6.07, 6.45) is 1.80. The Morgan fingerprint density at radius 2 is 1.35 bits per heavy atom. The Hall–Kier alpha value is -2.62. The smallest absolute Gasteiger partial charge is 0.123 e. The fourth-order valence-electron chi connectivity index (χ4n) is 2.02. The van der Waals surface area contributed by atoms with Gasteiger partial charge in [-0.3, -0.25) is 0 Å². The van der Waals surface area contributed by atoms with Crippen LogP contribution in [0.3, 0.4) is 0 Å². The summed E-state index contributed by atoms with van der Waals surface area (Å²) in [6.45, 7) is 0. The predicted molar refractivity (Wildman–Crippen MR) is 75.9 cm³/mol. The molecule has 1 heterocycles. The fraction of sp³-hybridized carbons (Fsp3) is 0. The summed E-state index contributed by atoms with van der Waals surface area (Å²) >= 11 is 0. The van der Waals surface area contributed by atoms with Gasteiger partial charge in [-0.2, -0.15) is 0 Å². The molecule has 0 aliphatic rings. The molecule has 0 saturated heterocycles. The van der Waals surface area contributed by atoms with E-state index in [1.807, 2.05) is 6.07 Å². The van der Waals surface area contributed by atoms with Crippen molar-refractivity contribution in [3.8, 4) is 11.3 Å². The molecule has 1 aromatic heterocycles. The number of aromatic nitrogens is 1. The molecule has 2 nitrogen and oxygen atoms in total. The van der Waals surface area contributed by atoms with E-state index in [1.54, 1.807) is 30.5 Å². The van der Waals surface area contributed by atoms with Gasteiger partial charge in [0.1, 0.15) is 11.6 Å². The number of hydrogen-bond acceptors (Lipinski definition) is 1. The SMILES string of the molecule is Fc1ccc(Nc2cc[nH]c2-c2ccc(F)cc2)cc1. The van der Waals surface area contributed by atoms with Gasteiger partial charge in [0.05, 0.1) is 11.4 Å². The fourth-order valence-corrected chi connectivity index (χ4v) is 2.02. The molecule has 100 valence electrons. The van der Waals surface area contributed by atoms with Crippen molar-refractivity contribution < 1.29 is 8.78 Å². The zero-order valence-corrected chi connectivity index (χ0v) is 10.5. The molecule has 2 aromatic carbocycles. The molecule has 0 radical (unpaired) electrons. The molecule has 0 amide bonds. The Morgan fingerprint density at radius 1 is 0.750 bits per heavy atom. The molecule has 2 N–H and O–H groups in total. The summed E-state index contributed by atoms with van der Waals surface area (Å²) in [5, 5.41) is 3.20. The van der Waals surface area contributed by atoms with Crippen molar-refractivity contribution in [2.45, 2.75) is 0 Å². The van der Waals surface area contributed by atoms with E-state index in [0.717, 1.165) is 22.6 Å². The van der Waals surface area contributed by atoms with Crippen molar-refractivity contribution in [2.75, 3.05) is 5.32 Å². The molecule has 3 aromatic rings. The van der Waals surface area contributed by atoms with E-state index in [1.165, 1.54) is 24.3 Å². The van der Waals surface area contributed by atoms with Crippen LogP contribution >= 0.6 is 0 Å². The van der Waals surface area contributed by atoms with Gasteiger partial charge in [-0.05, 0) is 54.6 Å². The van der Waals surface area contributed by atoms with Crippen LogP contribution in [0.25, 0.3) is 11.3 Å². The molecule has 0 atom stereocenters. The number of nitrogens with one attached hydrogen (secondary N) is 2. The van der Waals surface area contributed by atoms with Crippen LogP contribution in [-0.4, -0.2) is 4.98 Å². The first-order valence-corrected chi connectivity index (χ1v) is 6.18. The topological polar surface area (TPSA) is 27.8 Å². The lowest BCUT2D eigenvalue weighted by Crippen LogP contribution is -1.91. The van der Waals surface area contributed by atoms with Gasteiger partial charge in [0.2, 0.25) is 0 Å². The zero-order valence-electron chi connectivity index (χ0n) is 10.5. The normalized spacial score (nSPS) is 10.5. The highest BCUT2D eigenvalue weighted by Gasteiger charge is 2.07. The van der Waals surface area contributed by atoms with Gasteiger partial charge in [-0.1, -0.05) is 0 Å². The van der Waals surface area contributed by atoms with Crippen LogP contribution in [-0.2, 0) is 0 Å². The van der Waals surface area contributed by atoms with Gasteiger partial charge >= 0.3 is 0 Å². The molecule has 0 aliphatic carbocycles. The third-order valence-corrected chi connectivity index (χ3v) is 3.00. The lowest BCUT2D eigenvalue weighted by Gasteiger charge is -2.08. The van der Waals surface area contributed by atoms with Crippen LogP contribution in [0.1, 0.15) is 0 Å². The number of anilines is 2. The first-order valence-electron chi connectivity index (χ1n) is 6.18. The van der Waals surface area contributed by atoms with Gasteiger partial charge in [-0.15, -0.1) is 0 Å². The second-order valence-corrected chi connectivity index (χ2v) is 4.41. The highest BCUT2D eigenvalue weighted by molar-refractivity contribution is 5.78. The van der Waals surface area contributed by atoms with Gasteiger partial charge in [0.25, 0.3) is 0 Å². The molecule has 4 heteroatoms. The average molecular weight is 270 g/mol. The van der Waals surface area contributed by atoms with Crippen molar-refractivity contribution in [3.05, 3.63) is 72.4 Å². The number of benzene rings is 2. The quantitative estimate of drug-likeness (QED) is 0.709. The van der Waals surface area contributed by atoms with E-state index >= 15 is 0 Å². The molecule has 0 bridgehead atoms. The van der Waals surface area contributed by atoms with E-state index in [-0.39, 0.29) is 11.6 Å². The Bertz CT molecular complexity index is 700. The second-order valence-electron chi connectivity index (χ2n) is 4.41. The lowest BCUT2D eigenvalue weighted by atomic mass is 10.1. The molecule has 0 unspecified atom stereocenters. The third-order valence-electron chi connectivity index (χ3n) is 3.00. The van der Waals surface area contributed by atoms with Gasteiger partial charge < -0.3 is 10.3 Å². The van der Waals surface area contributed by atoms with Crippen molar-refractivity contribution in [1.82, 2.24) is 4.98 Å². The maximum absolute atomic E-state index is 13.0. The van der Waals surface area contributed by atoms with Crippen LogP contribution in [0.15, 0.2) is 60.8 Å². The number of rotatable bonds is 3. The maximum atomic E-state index is 13.0. The van der Waals surface area contributed by atoms with Crippen LogP contribution in [0.4, 0.5) is 20.2 Å². The Kier molecular flexibility index (Phi) is 3.21. The Balaban J connectivity index is 1.90. The summed E-state index contributed by atoms with van der Waals surface area (Å²) < 4.78 is 25.8. The summed E-state index contributed by atoms with van der Waals surface area (Å²) in [7, 11) is 0. The third kappa shape index (κ3) is 2.54. The molecule has 0 spiro atoms. The van der Waals surface area contributed by atoms with Crippen LogP contribution in [0, 0.1) is 11.6 Å². The summed E-state index contributed by atoms with van der Waals surface area (Å²) in [6, 6.07) is 14.2. The van der Waals surface area contributed by atoms with E-state index in [9.17, 15) is 8.78 Å². The van der Waals surface area contributed by atoms with E-state index in [2.05, 4.69) is 10.3 Å². The molecule has 0 fully saturated rings. The minimum Gasteiger partial charge on any atom is -0.359 e. The van der Waals surface area contributed by atoms with E-state index < -0.39 is 0 Å². The van der Waals surface area contributed by atoms with Crippen molar-refractivity contribution in [1.29, 1.82) is 0 Å². The minimum absolute atomic E-state index is 0.270. The number of aromatic amines is 1. The summed E-state index contributed by atoms with van der Waals surface area (Å²) in [5.74, 6) is -0.545. The maximum Gasteiger partial charge on any atom is 0.123 e. The zero-order chi connectivity index (χ0) is 13.9. The first-order chi connectivity index (χ1) is 9.72. The molecule has 0 aliphatic heterocycles. The van der Waals surface area contributed by atoms with Crippen molar-refractivity contribution in [2.24, 2.45) is 0 Å². The predicted octanol–water partition coefficient (Wildman–Crippen LogP) is 4.70. The molecular weight excluding hydrogens is 258 g/mol. The number of halogens is 2. The van der Waals surface area contributed by atoms with E-state index in [4.69, 9.17) is 0 Å². The van der Waals surface area contributed by atoms with Crippen LogP contribution < -0.4 is 5.32 Å². The van der Waals surface area contributed by atoms with Crippen LogP contribution in [0.5, 0.6) is 0 Å². The van der Waals surface area contributed by atoms with Crippen LogP contribution in [0.2, 0.25) is 0 Å². The largest absolute Gasteiger partial charge is 0.359 e. The average Bonchev–Trinajstić information content (AvgIpc) is 2.90.